The van der Waals surface area contributed by atoms with Crippen LogP contribution >= 0.6 is 0 Å². The minimum Gasteiger partial charge on any atom is -0.494 e. The Morgan fingerprint density at radius 2 is 1.38 bits per heavy atom. The second-order valence-electron chi connectivity index (χ2n) is 10.6. The number of carbonyl (C=O) groups excluding carboxylic acids is 2. The molecule has 0 radical (unpaired) electrons. The Kier molecular flexibility index (Phi) is 13.8. The molecule has 1 atom stereocenters. The molecule has 6 nitrogen and oxygen atoms in total. The molecule has 0 amide bonds. The summed E-state index contributed by atoms with van der Waals surface area (Å²) in [6, 6.07) is 14.0. The van der Waals surface area contributed by atoms with Crippen LogP contribution in [0.4, 0.5) is 4.39 Å². The first-order valence-corrected chi connectivity index (χ1v) is 15.0. The minimum atomic E-state index is -1.52. The van der Waals surface area contributed by atoms with Gasteiger partial charge >= 0.3 is 11.9 Å². The van der Waals surface area contributed by atoms with E-state index in [1.165, 1.54) is 25.7 Å². The molecule has 0 bridgehead atoms. The zero-order chi connectivity index (χ0) is 28.6. The summed E-state index contributed by atoms with van der Waals surface area (Å²) in [5.74, 6) is 1.09. The molecule has 2 aromatic carbocycles. The van der Waals surface area contributed by atoms with Crippen molar-refractivity contribution in [3.63, 3.8) is 0 Å². The predicted molar refractivity (Wildman–Crippen MR) is 154 cm³/mol. The molecule has 1 saturated carbocycles. The van der Waals surface area contributed by atoms with Crippen LogP contribution in [-0.4, -0.2) is 37.4 Å². The molecule has 0 saturated heterocycles. The van der Waals surface area contributed by atoms with Gasteiger partial charge in [0.25, 0.3) is 0 Å². The number of unbranched alkanes of at least 4 members (excludes halogenated alkanes) is 5. The van der Waals surface area contributed by atoms with Crippen LogP contribution in [0.25, 0.3) is 0 Å². The first-order valence-electron chi connectivity index (χ1n) is 15.0. The molecular formula is C33H45FO6. The van der Waals surface area contributed by atoms with Crippen molar-refractivity contribution in [1.82, 2.24) is 0 Å². The highest BCUT2D eigenvalue weighted by Gasteiger charge is 2.27. The molecular weight excluding hydrogens is 511 g/mol. The molecule has 7 heteroatoms. The summed E-state index contributed by atoms with van der Waals surface area (Å²) in [6.45, 7) is 5.40. The molecule has 0 unspecified atom stereocenters. The summed E-state index contributed by atoms with van der Waals surface area (Å²) in [5.41, 5.74) is 0.458. The number of ether oxygens (including phenoxy) is 4. The standard InChI is InChI=1S/C33H45FO6/c1-3-5-7-8-9-23-37-27-17-13-26(14-18-27)32(35)39-30-21-19-28(20-22-30)38-24-25-11-15-29(16-12-25)40-33(36)31(34)10-6-4-2/h13-14,17-22,25,29,31H,3-12,15-16,23-24H2,1-2H3/t25-,29-,31-/m0/s1. The number of rotatable bonds is 17. The second kappa shape index (κ2) is 17.6. The topological polar surface area (TPSA) is 71.1 Å². The van der Waals surface area contributed by atoms with Gasteiger partial charge in [0.1, 0.15) is 23.4 Å². The van der Waals surface area contributed by atoms with E-state index in [0.717, 1.165) is 44.3 Å². The van der Waals surface area contributed by atoms with Crippen LogP contribution < -0.4 is 14.2 Å². The van der Waals surface area contributed by atoms with Crippen molar-refractivity contribution in [3.05, 3.63) is 54.1 Å². The van der Waals surface area contributed by atoms with Crippen molar-refractivity contribution in [1.29, 1.82) is 0 Å². The predicted octanol–water partition coefficient (Wildman–Crippen LogP) is 8.26. The van der Waals surface area contributed by atoms with Crippen LogP contribution in [0.1, 0.15) is 101 Å². The van der Waals surface area contributed by atoms with E-state index in [1.807, 2.05) is 6.92 Å². The Morgan fingerprint density at radius 3 is 2.05 bits per heavy atom. The summed E-state index contributed by atoms with van der Waals surface area (Å²) in [6.07, 6.45) is 9.16. The van der Waals surface area contributed by atoms with Crippen LogP contribution in [0.15, 0.2) is 48.5 Å². The van der Waals surface area contributed by atoms with E-state index in [-0.39, 0.29) is 12.5 Å². The van der Waals surface area contributed by atoms with Gasteiger partial charge in [0.2, 0.25) is 0 Å². The van der Waals surface area contributed by atoms with Crippen molar-refractivity contribution in [2.45, 2.75) is 103 Å². The highest BCUT2D eigenvalue weighted by molar-refractivity contribution is 5.91. The maximum Gasteiger partial charge on any atom is 0.343 e. The van der Waals surface area contributed by atoms with Gasteiger partial charge in [-0.05, 0) is 93.0 Å². The average molecular weight is 557 g/mol. The van der Waals surface area contributed by atoms with Crippen molar-refractivity contribution >= 4 is 11.9 Å². The number of carbonyl (C=O) groups is 2. The lowest BCUT2D eigenvalue weighted by molar-refractivity contribution is -0.157. The zero-order valence-electron chi connectivity index (χ0n) is 24.1. The maximum absolute atomic E-state index is 13.9. The van der Waals surface area contributed by atoms with E-state index in [1.54, 1.807) is 48.5 Å². The summed E-state index contributed by atoms with van der Waals surface area (Å²) >= 11 is 0. The van der Waals surface area contributed by atoms with Crippen LogP contribution in [0, 0.1) is 5.92 Å². The van der Waals surface area contributed by atoms with Crippen LogP contribution in [0.5, 0.6) is 17.2 Å². The van der Waals surface area contributed by atoms with Crippen LogP contribution in [-0.2, 0) is 9.53 Å². The van der Waals surface area contributed by atoms with Gasteiger partial charge in [-0.3, -0.25) is 0 Å². The Hall–Kier alpha value is -3.09. The summed E-state index contributed by atoms with van der Waals surface area (Å²) in [7, 11) is 0. The average Bonchev–Trinajstić information content (AvgIpc) is 2.98. The fraction of sp³-hybridized carbons (Fsp3) is 0.576. The fourth-order valence-corrected chi connectivity index (χ4v) is 4.72. The SMILES string of the molecule is CCCCCCCOc1ccc(C(=O)Oc2ccc(OC[C@H]3CC[C@H](OC(=O)[C@@H](F)CCCC)CC3)cc2)cc1. The van der Waals surface area contributed by atoms with E-state index in [4.69, 9.17) is 18.9 Å². The van der Waals surface area contributed by atoms with Gasteiger partial charge in [0, 0.05) is 0 Å². The van der Waals surface area contributed by atoms with Gasteiger partial charge in [-0.15, -0.1) is 0 Å². The third-order valence-corrected chi connectivity index (χ3v) is 7.27. The number of alkyl halides is 1. The molecule has 1 aliphatic carbocycles. The van der Waals surface area contributed by atoms with Gasteiger partial charge in [0.15, 0.2) is 6.17 Å². The molecule has 0 aliphatic heterocycles. The van der Waals surface area contributed by atoms with Crippen LogP contribution in [0.3, 0.4) is 0 Å². The monoisotopic (exact) mass is 556 g/mol. The molecule has 0 N–H and O–H groups in total. The third kappa shape index (κ3) is 11.2. The van der Waals surface area contributed by atoms with Gasteiger partial charge in [-0.2, -0.15) is 0 Å². The smallest absolute Gasteiger partial charge is 0.343 e. The number of halogens is 1. The maximum atomic E-state index is 13.9. The molecule has 0 heterocycles. The van der Waals surface area contributed by atoms with Gasteiger partial charge < -0.3 is 18.9 Å². The van der Waals surface area contributed by atoms with E-state index in [2.05, 4.69) is 6.92 Å². The van der Waals surface area contributed by atoms with Crippen molar-refractivity contribution in [3.8, 4) is 17.2 Å². The third-order valence-electron chi connectivity index (χ3n) is 7.27. The molecule has 220 valence electrons. The molecule has 3 rings (SSSR count). The zero-order valence-corrected chi connectivity index (χ0v) is 24.1. The normalized spacial score (nSPS) is 17.6. The first kappa shape index (κ1) is 31.4. The molecule has 0 spiro atoms. The molecule has 1 aliphatic rings. The van der Waals surface area contributed by atoms with E-state index in [9.17, 15) is 14.0 Å². The number of hydrogen-bond donors (Lipinski definition) is 0. The van der Waals surface area contributed by atoms with Gasteiger partial charge in [0.05, 0.1) is 18.8 Å². The summed E-state index contributed by atoms with van der Waals surface area (Å²) in [5, 5.41) is 0. The number of benzene rings is 2. The lowest BCUT2D eigenvalue weighted by Gasteiger charge is -2.28. The molecule has 40 heavy (non-hydrogen) atoms. The minimum absolute atomic E-state index is 0.207. The van der Waals surface area contributed by atoms with Gasteiger partial charge in [-0.25, -0.2) is 14.0 Å². The lowest BCUT2D eigenvalue weighted by atomic mass is 9.88. The Morgan fingerprint density at radius 1 is 0.775 bits per heavy atom. The summed E-state index contributed by atoms with van der Waals surface area (Å²) in [4.78, 5) is 24.4. The van der Waals surface area contributed by atoms with Crippen molar-refractivity contribution in [2.24, 2.45) is 5.92 Å². The lowest BCUT2D eigenvalue weighted by Crippen LogP contribution is -2.30. The first-order chi connectivity index (χ1) is 19.5. The number of esters is 2. The van der Waals surface area contributed by atoms with Gasteiger partial charge in [-0.1, -0.05) is 52.4 Å². The highest BCUT2D eigenvalue weighted by Crippen LogP contribution is 2.28. The Bertz CT molecular complexity index is 999. The van der Waals surface area contributed by atoms with Crippen LogP contribution in [0.2, 0.25) is 0 Å². The van der Waals surface area contributed by atoms with E-state index >= 15 is 0 Å². The molecule has 2 aromatic rings. The number of hydrogen-bond acceptors (Lipinski definition) is 6. The van der Waals surface area contributed by atoms with E-state index in [0.29, 0.717) is 42.6 Å². The molecule has 1 fully saturated rings. The van der Waals surface area contributed by atoms with Crippen molar-refractivity contribution in [2.75, 3.05) is 13.2 Å². The highest BCUT2D eigenvalue weighted by atomic mass is 19.1. The second-order valence-corrected chi connectivity index (χ2v) is 10.6. The fourth-order valence-electron chi connectivity index (χ4n) is 4.72. The van der Waals surface area contributed by atoms with E-state index < -0.39 is 18.1 Å². The quantitative estimate of drug-likeness (QED) is 0.111. The molecule has 0 aromatic heterocycles. The largest absolute Gasteiger partial charge is 0.494 e. The Balaban J connectivity index is 1.33. The summed E-state index contributed by atoms with van der Waals surface area (Å²) < 4.78 is 36.4. The Labute approximate surface area is 238 Å². The van der Waals surface area contributed by atoms with Crippen molar-refractivity contribution < 1.29 is 32.9 Å².